The number of carbonyl (C=O) groups is 4. The Balaban J connectivity index is 2.29. The van der Waals surface area contributed by atoms with Gasteiger partial charge in [0.2, 0.25) is 17.7 Å². The molecular formula is C25H39N5O5. The number of amides is 4. The molecule has 0 saturated heterocycles. The molecule has 194 valence electrons. The van der Waals surface area contributed by atoms with Crippen LogP contribution in [0.2, 0.25) is 0 Å². The Bertz CT molecular complexity index is 889. The molecule has 0 aromatic heterocycles. The molecule has 10 heteroatoms. The lowest BCUT2D eigenvalue weighted by Gasteiger charge is -2.27. The van der Waals surface area contributed by atoms with Gasteiger partial charge in [-0.2, -0.15) is 0 Å². The number of para-hydroxylation sites is 1. The molecule has 0 spiro atoms. The Morgan fingerprint density at radius 2 is 1.91 bits per heavy atom. The summed E-state index contributed by atoms with van der Waals surface area (Å²) in [5.74, 6) is -1.17. The third-order valence-corrected chi connectivity index (χ3v) is 5.63. The van der Waals surface area contributed by atoms with Gasteiger partial charge in [-0.25, -0.2) is 0 Å². The first-order valence-corrected chi connectivity index (χ1v) is 12.1. The molecule has 2 rings (SSSR count). The molecule has 1 aromatic rings. The zero-order chi connectivity index (χ0) is 26.0. The maximum Gasteiger partial charge on any atom is 0.255 e. The first-order chi connectivity index (χ1) is 16.6. The van der Waals surface area contributed by atoms with Gasteiger partial charge in [-0.1, -0.05) is 26.0 Å². The Morgan fingerprint density at radius 3 is 2.60 bits per heavy atom. The van der Waals surface area contributed by atoms with Gasteiger partial charge in [-0.3, -0.25) is 19.2 Å². The van der Waals surface area contributed by atoms with Crippen LogP contribution < -0.4 is 20.7 Å². The molecule has 2 atom stereocenters. The number of hydrogen-bond donors (Lipinski definition) is 3. The largest absolute Gasteiger partial charge is 0.491 e. The van der Waals surface area contributed by atoms with E-state index in [1.54, 1.807) is 31.3 Å². The van der Waals surface area contributed by atoms with Gasteiger partial charge in [-0.15, -0.1) is 0 Å². The van der Waals surface area contributed by atoms with E-state index in [1.165, 1.54) is 4.90 Å². The van der Waals surface area contributed by atoms with E-state index in [0.717, 1.165) is 13.0 Å². The molecule has 3 N–H and O–H groups in total. The number of likely N-dealkylation sites (N-methyl/N-ethyl adjacent to an activating group) is 1. The predicted molar refractivity (Wildman–Crippen MR) is 133 cm³/mol. The van der Waals surface area contributed by atoms with Gasteiger partial charge < -0.3 is 30.5 Å². The lowest BCUT2D eigenvalue weighted by Crippen LogP contribution is -2.53. The molecule has 35 heavy (non-hydrogen) atoms. The van der Waals surface area contributed by atoms with E-state index in [4.69, 9.17) is 4.74 Å². The summed E-state index contributed by atoms with van der Waals surface area (Å²) >= 11 is 0. The molecule has 10 nitrogen and oxygen atoms in total. The van der Waals surface area contributed by atoms with Gasteiger partial charge in [0.1, 0.15) is 24.4 Å². The minimum absolute atomic E-state index is 0.162. The number of rotatable bonds is 7. The van der Waals surface area contributed by atoms with Crippen LogP contribution in [0.4, 0.5) is 0 Å². The second kappa shape index (κ2) is 13.7. The van der Waals surface area contributed by atoms with Gasteiger partial charge in [0, 0.05) is 13.6 Å². The number of ether oxygens (including phenoxy) is 1. The van der Waals surface area contributed by atoms with Crippen LogP contribution in [0.15, 0.2) is 24.3 Å². The highest BCUT2D eigenvalue weighted by molar-refractivity contribution is 6.01. The average molecular weight is 490 g/mol. The molecule has 0 aliphatic carbocycles. The van der Waals surface area contributed by atoms with Crippen LogP contribution in [0.5, 0.6) is 5.75 Å². The van der Waals surface area contributed by atoms with Crippen LogP contribution in [-0.2, 0) is 14.4 Å². The van der Waals surface area contributed by atoms with Crippen molar-refractivity contribution in [2.24, 2.45) is 5.92 Å². The highest BCUT2D eigenvalue weighted by atomic mass is 16.5. The van der Waals surface area contributed by atoms with E-state index in [1.807, 2.05) is 32.8 Å². The Kier molecular flexibility index (Phi) is 11.0. The Morgan fingerprint density at radius 1 is 1.20 bits per heavy atom. The normalized spacial score (nSPS) is 20.0. The monoisotopic (exact) mass is 489 g/mol. The van der Waals surface area contributed by atoms with Gasteiger partial charge in [-0.05, 0) is 51.5 Å². The number of benzene rings is 1. The summed E-state index contributed by atoms with van der Waals surface area (Å²) in [5, 5.41) is 8.26. The molecule has 1 aliphatic rings. The molecule has 0 radical (unpaired) electrons. The molecule has 1 heterocycles. The topological polar surface area (TPSA) is 120 Å². The van der Waals surface area contributed by atoms with Crippen molar-refractivity contribution in [3.8, 4) is 5.75 Å². The fraction of sp³-hybridized carbons (Fsp3) is 0.600. The second-order valence-electron chi connectivity index (χ2n) is 9.53. The Labute approximate surface area is 207 Å². The van der Waals surface area contributed by atoms with E-state index < -0.39 is 29.8 Å². The zero-order valence-electron chi connectivity index (χ0n) is 21.4. The van der Waals surface area contributed by atoms with E-state index >= 15 is 0 Å². The van der Waals surface area contributed by atoms with E-state index in [0.29, 0.717) is 18.7 Å². The van der Waals surface area contributed by atoms with Crippen molar-refractivity contribution >= 4 is 23.6 Å². The summed E-state index contributed by atoms with van der Waals surface area (Å²) in [5.41, 5.74) is 0.252. The van der Waals surface area contributed by atoms with E-state index in [-0.39, 0.29) is 37.0 Å². The van der Waals surface area contributed by atoms with E-state index in [2.05, 4.69) is 16.0 Å². The van der Waals surface area contributed by atoms with Crippen molar-refractivity contribution in [1.29, 1.82) is 0 Å². The molecule has 0 bridgehead atoms. The fourth-order valence-corrected chi connectivity index (χ4v) is 3.76. The lowest BCUT2D eigenvalue weighted by atomic mass is 10.0. The molecule has 4 amide bonds. The maximum absolute atomic E-state index is 13.1. The average Bonchev–Trinajstić information content (AvgIpc) is 2.79. The zero-order valence-corrected chi connectivity index (χ0v) is 21.4. The van der Waals surface area contributed by atoms with E-state index in [9.17, 15) is 19.2 Å². The van der Waals surface area contributed by atoms with Crippen molar-refractivity contribution in [2.45, 2.75) is 45.2 Å². The smallest absolute Gasteiger partial charge is 0.255 e. The number of nitrogens with one attached hydrogen (secondary N) is 3. The van der Waals surface area contributed by atoms with Gasteiger partial charge in [0.05, 0.1) is 18.5 Å². The number of carbonyl (C=O) groups excluding carboxylic acids is 4. The summed E-state index contributed by atoms with van der Waals surface area (Å²) in [6.07, 6.45) is 0.881. The van der Waals surface area contributed by atoms with Crippen molar-refractivity contribution in [3.05, 3.63) is 29.8 Å². The maximum atomic E-state index is 13.1. The SMILES string of the molecule is CC(C)C[C@@H]1NC(=O)C[C@@H](C(=O)NCCCN(C)C)NC(=O)c2ccccc2OCCN(C)C1=O. The van der Waals surface area contributed by atoms with Crippen LogP contribution >= 0.6 is 0 Å². The molecule has 1 aromatic carbocycles. The second-order valence-corrected chi connectivity index (χ2v) is 9.53. The van der Waals surface area contributed by atoms with Gasteiger partial charge >= 0.3 is 0 Å². The number of hydrogen-bond acceptors (Lipinski definition) is 6. The number of fused-ring (bicyclic) bond motifs is 1. The highest BCUT2D eigenvalue weighted by Crippen LogP contribution is 2.19. The lowest BCUT2D eigenvalue weighted by molar-refractivity contribution is -0.136. The third kappa shape index (κ3) is 9.20. The van der Waals surface area contributed by atoms with Crippen LogP contribution in [0, 0.1) is 5.92 Å². The quantitative estimate of drug-likeness (QED) is 0.483. The minimum Gasteiger partial charge on any atom is -0.491 e. The summed E-state index contributed by atoms with van der Waals surface area (Å²) in [6, 6.07) is 4.85. The van der Waals surface area contributed by atoms with Crippen molar-refractivity contribution < 1.29 is 23.9 Å². The first-order valence-electron chi connectivity index (χ1n) is 12.1. The highest BCUT2D eigenvalue weighted by Gasteiger charge is 2.30. The van der Waals surface area contributed by atoms with Crippen LogP contribution in [0.1, 0.15) is 43.5 Å². The molecular weight excluding hydrogens is 450 g/mol. The molecule has 0 fully saturated rings. The summed E-state index contributed by atoms with van der Waals surface area (Å²) < 4.78 is 5.81. The van der Waals surface area contributed by atoms with Crippen molar-refractivity contribution in [1.82, 2.24) is 25.8 Å². The minimum atomic E-state index is -1.11. The van der Waals surface area contributed by atoms with Gasteiger partial charge in [0.15, 0.2) is 0 Å². The first kappa shape index (κ1) is 28.1. The third-order valence-electron chi connectivity index (χ3n) is 5.63. The fourth-order valence-electron chi connectivity index (χ4n) is 3.76. The van der Waals surface area contributed by atoms with Crippen LogP contribution in [0.3, 0.4) is 0 Å². The standard InChI is InChI=1S/C25H39N5O5/c1-17(2)15-20-25(34)30(5)13-14-35-21-10-7-6-9-18(21)23(32)28-19(16-22(31)27-20)24(33)26-11-8-12-29(3)4/h6-7,9-10,17,19-20H,8,11-16H2,1-5H3,(H,26,33)(H,27,31)(H,28,32)/t19-,20-/m0/s1. The van der Waals surface area contributed by atoms with Crippen LogP contribution in [-0.4, -0.2) is 92.9 Å². The predicted octanol–water partition coefficient (Wildman–Crippen LogP) is 0.625. The summed E-state index contributed by atoms with van der Waals surface area (Å²) in [7, 11) is 5.53. The number of nitrogens with zero attached hydrogens (tertiary/aromatic N) is 2. The Hall–Kier alpha value is -3.14. The summed E-state index contributed by atoms with van der Waals surface area (Å²) in [4.78, 5) is 55.5. The molecule has 0 saturated carbocycles. The summed E-state index contributed by atoms with van der Waals surface area (Å²) in [6.45, 7) is 5.59. The molecule has 0 unspecified atom stereocenters. The van der Waals surface area contributed by atoms with Crippen molar-refractivity contribution in [2.75, 3.05) is 47.4 Å². The van der Waals surface area contributed by atoms with Crippen molar-refractivity contribution in [3.63, 3.8) is 0 Å². The van der Waals surface area contributed by atoms with Gasteiger partial charge in [0.25, 0.3) is 5.91 Å². The van der Waals surface area contributed by atoms with Crippen LogP contribution in [0.25, 0.3) is 0 Å². The molecule has 1 aliphatic heterocycles.